The molecule has 0 saturated heterocycles. The van der Waals surface area contributed by atoms with Crippen LogP contribution in [0, 0.1) is 6.92 Å². The van der Waals surface area contributed by atoms with Crippen LogP contribution >= 0.6 is 15.9 Å². The van der Waals surface area contributed by atoms with Crippen LogP contribution in [0.3, 0.4) is 0 Å². The smallest absolute Gasteiger partial charge is 0.319 e. The van der Waals surface area contributed by atoms with Gasteiger partial charge in [0, 0.05) is 31.0 Å². The summed E-state index contributed by atoms with van der Waals surface area (Å²) in [5.74, 6) is 0.821. The summed E-state index contributed by atoms with van der Waals surface area (Å²) in [5, 5.41) is 5.83. The Labute approximate surface area is 207 Å². The molecule has 0 saturated carbocycles. The predicted molar refractivity (Wildman–Crippen MR) is 135 cm³/mol. The van der Waals surface area contributed by atoms with E-state index in [1.165, 1.54) is 11.3 Å². The minimum absolute atomic E-state index is 0. The van der Waals surface area contributed by atoms with E-state index in [0.29, 0.717) is 13.2 Å². The highest BCUT2D eigenvalue weighted by Gasteiger charge is 2.15. The molecule has 32 heavy (non-hydrogen) atoms. The lowest BCUT2D eigenvalue weighted by Gasteiger charge is -2.22. The first-order valence-corrected chi connectivity index (χ1v) is 11.8. The molecule has 0 fully saturated rings. The van der Waals surface area contributed by atoms with Gasteiger partial charge in [-0.15, -0.1) is 0 Å². The van der Waals surface area contributed by atoms with Crippen LogP contribution in [-0.2, 0) is 5.41 Å². The SMILES string of the molecule is CCN(CC)c1ccc(NC(=O)NCCCOc2ccc(C(C)(C)C)cc2Br)c(C)c1.[Cl-]. The number of anilines is 2. The maximum atomic E-state index is 12.2. The van der Waals surface area contributed by atoms with Crippen LogP contribution < -0.4 is 32.7 Å². The molecule has 0 radical (unpaired) electrons. The fraction of sp³-hybridized carbons (Fsp3) is 0.480. The van der Waals surface area contributed by atoms with E-state index in [1.807, 2.05) is 25.1 Å². The number of hydrogen-bond donors (Lipinski definition) is 2. The fourth-order valence-corrected chi connectivity index (χ4v) is 3.77. The minimum Gasteiger partial charge on any atom is -1.00 e. The molecule has 0 heterocycles. The van der Waals surface area contributed by atoms with Crippen molar-refractivity contribution in [1.29, 1.82) is 0 Å². The Morgan fingerprint density at radius 3 is 2.34 bits per heavy atom. The van der Waals surface area contributed by atoms with E-state index < -0.39 is 0 Å². The zero-order valence-electron chi connectivity index (χ0n) is 20.0. The van der Waals surface area contributed by atoms with Crippen molar-refractivity contribution in [3.63, 3.8) is 0 Å². The van der Waals surface area contributed by atoms with Crippen LogP contribution in [-0.4, -0.2) is 32.3 Å². The quantitative estimate of drug-likeness (QED) is 0.493. The summed E-state index contributed by atoms with van der Waals surface area (Å²) in [7, 11) is 0. The van der Waals surface area contributed by atoms with Crippen LogP contribution in [0.1, 0.15) is 52.2 Å². The molecule has 5 nitrogen and oxygen atoms in total. The Morgan fingerprint density at radius 2 is 1.78 bits per heavy atom. The van der Waals surface area contributed by atoms with E-state index in [4.69, 9.17) is 4.74 Å². The molecule has 178 valence electrons. The van der Waals surface area contributed by atoms with E-state index in [0.717, 1.165) is 41.0 Å². The van der Waals surface area contributed by atoms with Crippen molar-refractivity contribution >= 4 is 33.3 Å². The van der Waals surface area contributed by atoms with E-state index in [1.54, 1.807) is 0 Å². The highest BCUT2D eigenvalue weighted by Crippen LogP contribution is 2.31. The lowest BCUT2D eigenvalue weighted by Crippen LogP contribution is -3.00. The first kappa shape index (κ1) is 28.1. The lowest BCUT2D eigenvalue weighted by atomic mass is 9.87. The standard InChI is InChI=1S/C25H36BrN3O2.ClH/c1-7-29(8-2)20-11-12-22(18(3)16-20)28-24(30)27-14-9-15-31-23-13-10-19(17-21(23)26)25(4,5)6;/h10-13,16-17H,7-9,14-15H2,1-6H3,(H2,27,28,30);1H/p-1. The maximum Gasteiger partial charge on any atom is 0.319 e. The average molecular weight is 526 g/mol. The number of rotatable bonds is 9. The molecule has 2 N–H and O–H groups in total. The van der Waals surface area contributed by atoms with E-state index in [2.05, 4.69) is 84.3 Å². The number of benzene rings is 2. The highest BCUT2D eigenvalue weighted by molar-refractivity contribution is 9.10. The second-order valence-electron chi connectivity index (χ2n) is 8.65. The molecule has 0 atom stereocenters. The van der Waals surface area contributed by atoms with E-state index in [9.17, 15) is 4.79 Å². The van der Waals surface area contributed by atoms with Crippen molar-refractivity contribution < 1.29 is 21.9 Å². The third-order valence-corrected chi connectivity index (χ3v) is 5.87. The van der Waals surface area contributed by atoms with Gasteiger partial charge in [-0.3, -0.25) is 0 Å². The summed E-state index contributed by atoms with van der Waals surface area (Å²) in [6, 6.07) is 12.1. The molecule has 0 bridgehead atoms. The number of amides is 2. The van der Waals surface area contributed by atoms with Gasteiger partial charge in [0.15, 0.2) is 0 Å². The Morgan fingerprint density at radius 1 is 1.09 bits per heavy atom. The Kier molecular flexibility index (Phi) is 11.4. The fourth-order valence-electron chi connectivity index (χ4n) is 3.28. The first-order chi connectivity index (χ1) is 14.7. The Hall–Kier alpha value is -1.92. The summed E-state index contributed by atoms with van der Waals surface area (Å²) in [6.45, 7) is 15.9. The normalized spacial score (nSPS) is 10.8. The molecular weight excluding hydrogens is 490 g/mol. The Bertz CT molecular complexity index is 880. The third-order valence-electron chi connectivity index (χ3n) is 5.25. The predicted octanol–water partition coefficient (Wildman–Crippen LogP) is 3.50. The topological polar surface area (TPSA) is 53.6 Å². The van der Waals surface area contributed by atoms with Crippen LogP contribution in [0.4, 0.5) is 16.2 Å². The van der Waals surface area contributed by atoms with Gasteiger partial charge in [0.05, 0.1) is 11.1 Å². The van der Waals surface area contributed by atoms with Crippen LogP contribution in [0.15, 0.2) is 40.9 Å². The maximum absolute atomic E-state index is 12.2. The van der Waals surface area contributed by atoms with E-state index >= 15 is 0 Å². The number of nitrogens with zero attached hydrogens (tertiary/aromatic N) is 1. The largest absolute Gasteiger partial charge is 1.00 e. The number of aryl methyl sites for hydroxylation is 1. The van der Waals surface area contributed by atoms with Gasteiger partial charge >= 0.3 is 6.03 Å². The van der Waals surface area contributed by atoms with Gasteiger partial charge in [0.1, 0.15) is 5.75 Å². The van der Waals surface area contributed by atoms with E-state index in [-0.39, 0.29) is 23.9 Å². The zero-order chi connectivity index (χ0) is 23.0. The van der Waals surface area contributed by atoms with Crippen molar-refractivity contribution in [2.45, 2.75) is 53.4 Å². The average Bonchev–Trinajstić information content (AvgIpc) is 2.71. The van der Waals surface area contributed by atoms with Crippen molar-refractivity contribution in [2.75, 3.05) is 36.5 Å². The van der Waals surface area contributed by atoms with Gasteiger partial charge in [-0.2, -0.15) is 0 Å². The molecular formula is C25H36BrClN3O2-. The number of halogens is 2. The minimum atomic E-state index is -0.200. The van der Waals surface area contributed by atoms with Gasteiger partial charge < -0.3 is 32.7 Å². The number of carbonyl (C=O) groups is 1. The molecule has 7 heteroatoms. The highest BCUT2D eigenvalue weighted by atomic mass is 79.9. The van der Waals surface area contributed by atoms with Gasteiger partial charge in [-0.1, -0.05) is 26.8 Å². The molecule has 0 spiro atoms. The molecule has 2 aromatic rings. The number of ether oxygens (including phenoxy) is 1. The third kappa shape index (κ3) is 8.21. The monoisotopic (exact) mass is 524 g/mol. The second kappa shape index (κ2) is 12.9. The molecule has 2 aromatic carbocycles. The summed E-state index contributed by atoms with van der Waals surface area (Å²) >= 11 is 3.59. The molecule has 0 unspecified atom stereocenters. The molecule has 0 aliphatic rings. The first-order valence-electron chi connectivity index (χ1n) is 11.0. The molecule has 2 amide bonds. The van der Waals surface area contributed by atoms with Gasteiger partial charge in [0.25, 0.3) is 0 Å². The summed E-state index contributed by atoms with van der Waals surface area (Å²) in [5.41, 5.74) is 4.40. The number of nitrogens with one attached hydrogen (secondary N) is 2. The second-order valence-corrected chi connectivity index (χ2v) is 9.50. The lowest BCUT2D eigenvalue weighted by molar-refractivity contribution is -0.0000105. The Balaban J connectivity index is 0.00000512. The number of hydrogen-bond acceptors (Lipinski definition) is 3. The summed E-state index contributed by atoms with van der Waals surface area (Å²) in [6.07, 6.45) is 0.723. The summed E-state index contributed by atoms with van der Waals surface area (Å²) < 4.78 is 6.81. The van der Waals surface area contributed by atoms with Crippen LogP contribution in [0.25, 0.3) is 0 Å². The number of urea groups is 1. The molecule has 0 aromatic heterocycles. The van der Waals surface area contributed by atoms with Crippen molar-refractivity contribution in [3.8, 4) is 5.75 Å². The van der Waals surface area contributed by atoms with Crippen LogP contribution in [0.2, 0.25) is 0 Å². The van der Waals surface area contributed by atoms with Crippen molar-refractivity contribution in [3.05, 3.63) is 52.0 Å². The van der Waals surface area contributed by atoms with Crippen molar-refractivity contribution in [2.24, 2.45) is 0 Å². The van der Waals surface area contributed by atoms with Crippen LogP contribution in [0.5, 0.6) is 5.75 Å². The molecule has 0 aliphatic carbocycles. The van der Waals surface area contributed by atoms with Gasteiger partial charge in [-0.25, -0.2) is 4.79 Å². The zero-order valence-corrected chi connectivity index (χ0v) is 22.4. The molecule has 2 rings (SSSR count). The number of carbonyl (C=O) groups excluding carboxylic acids is 1. The molecule has 0 aliphatic heterocycles. The van der Waals surface area contributed by atoms with Gasteiger partial charge in [-0.05, 0) is 90.0 Å². The summed E-state index contributed by atoms with van der Waals surface area (Å²) in [4.78, 5) is 14.5. The van der Waals surface area contributed by atoms with Gasteiger partial charge in [0.2, 0.25) is 0 Å². The van der Waals surface area contributed by atoms with Crippen molar-refractivity contribution in [1.82, 2.24) is 5.32 Å².